The van der Waals surface area contributed by atoms with Crippen LogP contribution in [0.15, 0.2) is 120 Å². The van der Waals surface area contributed by atoms with Crippen LogP contribution in [-0.2, 0) is 26.5 Å². The largest absolute Gasteiger partial charge is 0.500 e. The van der Waals surface area contributed by atoms with Gasteiger partial charge in [0.05, 0.1) is 13.7 Å². The van der Waals surface area contributed by atoms with Crippen molar-refractivity contribution in [2.45, 2.75) is 53.8 Å². The van der Waals surface area contributed by atoms with Gasteiger partial charge in [-0.2, -0.15) is 0 Å². The van der Waals surface area contributed by atoms with E-state index in [0.29, 0.717) is 0 Å². The van der Waals surface area contributed by atoms with Crippen LogP contribution in [0.4, 0.5) is 0 Å². The first kappa shape index (κ1) is 35.2. The zero-order valence-corrected chi connectivity index (χ0v) is 32.2. The van der Waals surface area contributed by atoms with Gasteiger partial charge >= 0.3 is 0 Å². The maximum absolute atomic E-state index is 6.16. The van der Waals surface area contributed by atoms with Gasteiger partial charge in [-0.25, -0.2) is 0 Å². The molecule has 0 amide bonds. The summed E-state index contributed by atoms with van der Waals surface area (Å²) in [6, 6.07) is 41.9. The number of nitrogens with zero attached hydrogens (tertiary/aromatic N) is 2. The first-order chi connectivity index (χ1) is 22.5. The standard InChI is InChI=1S/C29H26NO.C14H16NSi.Ir/c1-19-18-30-25(16-22(19)17-29(2,3)4)21-13-14-26-24(15-21)28-23(11-8-12-27(28)31-26)20-9-6-5-7-10-20;1-16(2,3)13-9-10-14(15-11-13)12-7-5-4-6-8-12;/h5-12,14-16,18H,17H2,1-4H3;4-7,9-11H,1-3H3;/q2*-1;. The number of rotatable bonds is 5. The summed E-state index contributed by atoms with van der Waals surface area (Å²) in [7, 11) is -1.23. The molecule has 7 aromatic rings. The van der Waals surface area contributed by atoms with Gasteiger partial charge in [0.25, 0.3) is 0 Å². The van der Waals surface area contributed by atoms with Crippen molar-refractivity contribution in [2.75, 3.05) is 0 Å². The van der Waals surface area contributed by atoms with Crippen molar-refractivity contribution in [3.05, 3.63) is 139 Å². The molecule has 7 rings (SSSR count). The molecule has 48 heavy (non-hydrogen) atoms. The predicted octanol–water partition coefficient (Wildman–Crippen LogP) is 11.1. The quantitative estimate of drug-likeness (QED) is 0.128. The third-order valence-corrected chi connectivity index (χ3v) is 10.4. The van der Waals surface area contributed by atoms with Gasteiger partial charge < -0.3 is 14.4 Å². The van der Waals surface area contributed by atoms with Crippen molar-refractivity contribution >= 4 is 35.2 Å². The van der Waals surface area contributed by atoms with Gasteiger partial charge in [0.15, 0.2) is 0 Å². The van der Waals surface area contributed by atoms with Gasteiger partial charge in [-0.1, -0.05) is 112 Å². The number of aromatic nitrogens is 2. The summed E-state index contributed by atoms with van der Waals surface area (Å²) in [6.07, 6.45) is 5.02. The molecular weight excluding hydrogens is 781 g/mol. The minimum atomic E-state index is -1.23. The molecule has 0 atom stereocenters. The van der Waals surface area contributed by atoms with Crippen molar-refractivity contribution in [1.82, 2.24) is 9.97 Å². The molecule has 0 aliphatic heterocycles. The molecule has 0 bridgehead atoms. The van der Waals surface area contributed by atoms with Gasteiger partial charge in [0, 0.05) is 37.9 Å². The fraction of sp³-hybridized carbons (Fsp3) is 0.209. The summed E-state index contributed by atoms with van der Waals surface area (Å²) in [6.45, 7) is 15.9. The Morgan fingerprint density at radius 3 is 2.15 bits per heavy atom. The molecule has 0 fully saturated rings. The predicted molar refractivity (Wildman–Crippen MR) is 201 cm³/mol. The summed E-state index contributed by atoms with van der Waals surface area (Å²) in [5, 5.41) is 3.64. The molecule has 5 heteroatoms. The Bertz CT molecular complexity index is 2130. The molecule has 3 nitrogen and oxygen atoms in total. The summed E-state index contributed by atoms with van der Waals surface area (Å²) in [4.78, 5) is 9.25. The van der Waals surface area contributed by atoms with E-state index in [0.717, 1.165) is 50.9 Å². The molecule has 0 aliphatic carbocycles. The van der Waals surface area contributed by atoms with E-state index in [9.17, 15) is 0 Å². The number of furan rings is 1. The average molecular weight is 823 g/mol. The first-order valence-corrected chi connectivity index (χ1v) is 19.8. The molecule has 0 unspecified atom stereocenters. The normalized spacial score (nSPS) is 11.6. The van der Waals surface area contributed by atoms with E-state index in [-0.39, 0.29) is 25.5 Å². The zero-order chi connectivity index (χ0) is 33.2. The van der Waals surface area contributed by atoms with Crippen LogP contribution in [0.25, 0.3) is 55.6 Å². The Morgan fingerprint density at radius 2 is 1.48 bits per heavy atom. The van der Waals surface area contributed by atoms with Crippen LogP contribution < -0.4 is 5.19 Å². The summed E-state index contributed by atoms with van der Waals surface area (Å²) in [5.74, 6) is 0. The average Bonchev–Trinajstić information content (AvgIpc) is 3.44. The molecule has 0 spiro atoms. The fourth-order valence-electron chi connectivity index (χ4n) is 5.80. The van der Waals surface area contributed by atoms with Crippen molar-refractivity contribution in [3.63, 3.8) is 0 Å². The fourth-order valence-corrected chi connectivity index (χ4v) is 6.84. The molecule has 3 aromatic heterocycles. The van der Waals surface area contributed by atoms with Gasteiger partial charge in [-0.05, 0) is 58.1 Å². The number of pyridine rings is 2. The maximum Gasteiger partial charge on any atom is 0.121 e. The van der Waals surface area contributed by atoms with Crippen molar-refractivity contribution in [3.8, 4) is 33.6 Å². The molecule has 3 heterocycles. The van der Waals surface area contributed by atoms with Crippen LogP contribution in [0, 0.1) is 24.5 Å². The zero-order valence-electron chi connectivity index (χ0n) is 28.8. The number of benzene rings is 4. The molecule has 0 saturated carbocycles. The molecule has 4 aromatic carbocycles. The van der Waals surface area contributed by atoms with E-state index in [4.69, 9.17) is 9.40 Å². The summed E-state index contributed by atoms with van der Waals surface area (Å²) >= 11 is 0. The van der Waals surface area contributed by atoms with Crippen molar-refractivity contribution < 1.29 is 24.5 Å². The van der Waals surface area contributed by atoms with Crippen molar-refractivity contribution in [1.29, 1.82) is 0 Å². The smallest absolute Gasteiger partial charge is 0.121 e. The van der Waals surface area contributed by atoms with Crippen LogP contribution in [0.1, 0.15) is 31.9 Å². The van der Waals surface area contributed by atoms with Crippen LogP contribution >= 0.6 is 0 Å². The van der Waals surface area contributed by atoms with Crippen LogP contribution in [0.3, 0.4) is 0 Å². The van der Waals surface area contributed by atoms with E-state index in [2.05, 4.69) is 125 Å². The van der Waals surface area contributed by atoms with Crippen molar-refractivity contribution in [2.24, 2.45) is 5.41 Å². The SMILES string of the molecule is C[Si](C)(C)c1ccc(-c2[c-]cccc2)nc1.Cc1cnc(-c2[c-]cc3oc4cccc(-c5ccccc5)c4c3c2)cc1CC(C)(C)C.[Ir]. The summed E-state index contributed by atoms with van der Waals surface area (Å²) < 4.78 is 6.16. The number of hydrogen-bond acceptors (Lipinski definition) is 3. The molecule has 0 N–H and O–H groups in total. The Hall–Kier alpha value is -4.15. The second-order valence-electron chi connectivity index (χ2n) is 14.5. The topological polar surface area (TPSA) is 38.9 Å². The Labute approximate surface area is 299 Å². The van der Waals surface area contributed by atoms with Gasteiger partial charge in [-0.15, -0.1) is 59.7 Å². The van der Waals surface area contributed by atoms with Crippen LogP contribution in [0.5, 0.6) is 0 Å². The summed E-state index contributed by atoms with van der Waals surface area (Å²) in [5.41, 5.74) is 10.9. The first-order valence-electron chi connectivity index (χ1n) is 16.3. The van der Waals surface area contributed by atoms with Gasteiger partial charge in [-0.3, -0.25) is 0 Å². The van der Waals surface area contributed by atoms with E-state index in [1.54, 1.807) is 0 Å². The van der Waals surface area contributed by atoms with E-state index in [1.165, 1.54) is 27.4 Å². The van der Waals surface area contributed by atoms with Gasteiger partial charge in [0.2, 0.25) is 0 Å². The maximum atomic E-state index is 6.16. The minimum Gasteiger partial charge on any atom is -0.500 e. The van der Waals surface area contributed by atoms with Crippen LogP contribution in [-0.4, -0.2) is 18.0 Å². The van der Waals surface area contributed by atoms with E-state index >= 15 is 0 Å². The van der Waals surface area contributed by atoms with Gasteiger partial charge in [0.1, 0.15) is 5.58 Å². The number of hydrogen-bond donors (Lipinski definition) is 0. The molecule has 0 aliphatic rings. The molecule has 0 saturated heterocycles. The number of aryl methyl sites for hydroxylation is 1. The monoisotopic (exact) mass is 823 g/mol. The third kappa shape index (κ3) is 8.10. The second kappa shape index (κ2) is 14.5. The molecule has 245 valence electrons. The van der Waals surface area contributed by atoms with E-state index < -0.39 is 8.07 Å². The molecule has 1 radical (unpaired) electrons. The van der Waals surface area contributed by atoms with Crippen LogP contribution in [0.2, 0.25) is 19.6 Å². The third-order valence-electron chi connectivity index (χ3n) is 8.34. The Kier molecular flexibility index (Phi) is 10.6. The Balaban J connectivity index is 0.000000224. The van der Waals surface area contributed by atoms with E-state index in [1.807, 2.05) is 54.9 Å². The second-order valence-corrected chi connectivity index (χ2v) is 19.5. The minimum absolute atomic E-state index is 0. The number of fused-ring (bicyclic) bond motifs is 3. The molecular formula is C43H42IrN2OSi-2. The Morgan fingerprint density at radius 1 is 0.729 bits per heavy atom.